The molecule has 15 heavy (non-hydrogen) atoms. The van der Waals surface area contributed by atoms with Crippen LogP contribution >= 0.6 is 0 Å². The molecule has 0 amide bonds. The van der Waals surface area contributed by atoms with Gasteiger partial charge in [0.15, 0.2) is 0 Å². The molecule has 3 heteroatoms. The second-order valence-electron chi connectivity index (χ2n) is 4.03. The van der Waals surface area contributed by atoms with Crippen LogP contribution < -0.4 is 5.32 Å². The Labute approximate surface area is 90.9 Å². The molecule has 1 aliphatic rings. The zero-order valence-corrected chi connectivity index (χ0v) is 9.15. The van der Waals surface area contributed by atoms with Crippen molar-refractivity contribution in [1.29, 1.82) is 0 Å². The highest BCUT2D eigenvalue weighted by atomic mass is 16.5. The lowest BCUT2D eigenvalue weighted by molar-refractivity contribution is 0.0753. The van der Waals surface area contributed by atoms with Crippen LogP contribution in [-0.2, 0) is 4.74 Å². The van der Waals surface area contributed by atoms with Crippen LogP contribution in [0.15, 0.2) is 24.4 Å². The van der Waals surface area contributed by atoms with Gasteiger partial charge in [0.2, 0.25) is 0 Å². The number of hydrogen-bond acceptors (Lipinski definition) is 3. The minimum Gasteiger partial charge on any atom is -0.381 e. The lowest BCUT2D eigenvalue weighted by Gasteiger charge is -2.26. The van der Waals surface area contributed by atoms with Crippen molar-refractivity contribution in [1.82, 2.24) is 10.3 Å². The Bertz CT molecular complexity index is 283. The zero-order valence-electron chi connectivity index (χ0n) is 9.15. The third kappa shape index (κ3) is 3.01. The fourth-order valence-corrected chi connectivity index (χ4v) is 1.94. The molecule has 0 spiro atoms. The van der Waals surface area contributed by atoms with Crippen LogP contribution in [0.5, 0.6) is 0 Å². The smallest absolute Gasteiger partial charge is 0.0570 e. The summed E-state index contributed by atoms with van der Waals surface area (Å²) in [7, 11) is 0. The summed E-state index contributed by atoms with van der Waals surface area (Å²) in [6.45, 7) is 3.93. The Kier molecular flexibility index (Phi) is 3.69. The Balaban J connectivity index is 1.88. The lowest BCUT2D eigenvalue weighted by atomic mass is 10.1. The summed E-state index contributed by atoms with van der Waals surface area (Å²) < 4.78 is 5.33. The SMILES string of the molecule is C[C@@H](NC1CCOCC1)c1ccccn1. The van der Waals surface area contributed by atoms with Crippen molar-refractivity contribution in [3.63, 3.8) is 0 Å². The quantitative estimate of drug-likeness (QED) is 0.820. The van der Waals surface area contributed by atoms with Crippen molar-refractivity contribution >= 4 is 0 Å². The Morgan fingerprint density at radius 1 is 1.40 bits per heavy atom. The molecule has 1 atom stereocenters. The standard InChI is InChI=1S/C12H18N2O/c1-10(12-4-2-3-7-13-12)14-11-5-8-15-9-6-11/h2-4,7,10-11,14H,5-6,8-9H2,1H3/t10-/m1/s1. The van der Waals surface area contributed by atoms with Gasteiger partial charge in [-0.15, -0.1) is 0 Å². The summed E-state index contributed by atoms with van der Waals surface area (Å²) in [6, 6.07) is 6.96. The van der Waals surface area contributed by atoms with Gasteiger partial charge in [-0.3, -0.25) is 4.98 Å². The minimum atomic E-state index is 0.328. The van der Waals surface area contributed by atoms with Crippen LogP contribution in [0, 0.1) is 0 Å². The first kappa shape index (κ1) is 10.6. The van der Waals surface area contributed by atoms with E-state index in [-0.39, 0.29) is 0 Å². The molecule has 0 radical (unpaired) electrons. The van der Waals surface area contributed by atoms with Crippen molar-refractivity contribution in [2.24, 2.45) is 0 Å². The summed E-state index contributed by atoms with van der Waals surface area (Å²) in [6.07, 6.45) is 4.06. The molecule has 0 aromatic carbocycles. The van der Waals surface area contributed by atoms with E-state index in [9.17, 15) is 0 Å². The highest BCUT2D eigenvalue weighted by Crippen LogP contribution is 2.13. The molecular formula is C12H18N2O. The summed E-state index contributed by atoms with van der Waals surface area (Å²) in [5, 5.41) is 3.59. The predicted molar refractivity (Wildman–Crippen MR) is 59.6 cm³/mol. The third-order valence-electron chi connectivity index (χ3n) is 2.84. The average Bonchev–Trinajstić information content (AvgIpc) is 2.31. The van der Waals surface area contributed by atoms with Gasteiger partial charge >= 0.3 is 0 Å². The molecule has 1 aliphatic heterocycles. The van der Waals surface area contributed by atoms with Gasteiger partial charge in [0.25, 0.3) is 0 Å². The van der Waals surface area contributed by atoms with Crippen LogP contribution in [0.3, 0.4) is 0 Å². The number of nitrogens with zero attached hydrogens (tertiary/aromatic N) is 1. The van der Waals surface area contributed by atoms with E-state index in [0.717, 1.165) is 31.7 Å². The molecule has 1 fully saturated rings. The van der Waals surface area contributed by atoms with Gasteiger partial charge < -0.3 is 10.1 Å². The molecule has 0 saturated carbocycles. The molecule has 0 aliphatic carbocycles. The van der Waals surface area contributed by atoms with E-state index in [2.05, 4.69) is 23.3 Å². The fourth-order valence-electron chi connectivity index (χ4n) is 1.94. The fraction of sp³-hybridized carbons (Fsp3) is 0.583. The maximum atomic E-state index is 5.33. The van der Waals surface area contributed by atoms with Crippen molar-refractivity contribution < 1.29 is 4.74 Å². The predicted octanol–water partition coefficient (Wildman–Crippen LogP) is 1.91. The second-order valence-corrected chi connectivity index (χ2v) is 4.03. The maximum absolute atomic E-state index is 5.33. The first-order valence-corrected chi connectivity index (χ1v) is 5.61. The van der Waals surface area contributed by atoms with Gasteiger partial charge in [0, 0.05) is 31.5 Å². The summed E-state index contributed by atoms with van der Waals surface area (Å²) in [4.78, 5) is 4.35. The number of rotatable bonds is 3. The van der Waals surface area contributed by atoms with E-state index >= 15 is 0 Å². The first-order valence-electron chi connectivity index (χ1n) is 5.61. The van der Waals surface area contributed by atoms with E-state index < -0.39 is 0 Å². The van der Waals surface area contributed by atoms with Crippen LogP contribution in [0.4, 0.5) is 0 Å². The normalized spacial score (nSPS) is 20.1. The minimum absolute atomic E-state index is 0.328. The van der Waals surface area contributed by atoms with Crippen molar-refractivity contribution in [2.75, 3.05) is 13.2 Å². The van der Waals surface area contributed by atoms with Crippen molar-refractivity contribution in [3.05, 3.63) is 30.1 Å². The Morgan fingerprint density at radius 2 is 2.20 bits per heavy atom. The molecule has 2 heterocycles. The average molecular weight is 206 g/mol. The van der Waals surface area contributed by atoms with E-state index in [1.54, 1.807) is 0 Å². The molecule has 0 unspecified atom stereocenters. The largest absolute Gasteiger partial charge is 0.381 e. The summed E-state index contributed by atoms with van der Waals surface area (Å²) in [5.74, 6) is 0. The third-order valence-corrected chi connectivity index (χ3v) is 2.84. The second kappa shape index (κ2) is 5.24. The van der Waals surface area contributed by atoms with Gasteiger partial charge in [-0.25, -0.2) is 0 Å². The molecular weight excluding hydrogens is 188 g/mol. The van der Waals surface area contributed by atoms with Crippen LogP contribution in [0.25, 0.3) is 0 Å². The van der Waals surface area contributed by atoms with Gasteiger partial charge in [-0.05, 0) is 31.9 Å². The molecule has 1 aromatic rings. The van der Waals surface area contributed by atoms with Crippen LogP contribution in [0.1, 0.15) is 31.5 Å². The van der Waals surface area contributed by atoms with Crippen LogP contribution in [-0.4, -0.2) is 24.2 Å². The number of ether oxygens (including phenoxy) is 1. The molecule has 2 rings (SSSR count). The number of aromatic nitrogens is 1. The van der Waals surface area contributed by atoms with E-state index in [1.807, 2.05) is 18.3 Å². The van der Waals surface area contributed by atoms with Gasteiger partial charge in [0.05, 0.1) is 5.69 Å². The zero-order chi connectivity index (χ0) is 10.5. The molecule has 1 saturated heterocycles. The number of hydrogen-bond donors (Lipinski definition) is 1. The lowest BCUT2D eigenvalue weighted by Crippen LogP contribution is -2.36. The maximum Gasteiger partial charge on any atom is 0.0570 e. The highest BCUT2D eigenvalue weighted by molar-refractivity contribution is 5.07. The van der Waals surface area contributed by atoms with E-state index in [1.165, 1.54) is 0 Å². The van der Waals surface area contributed by atoms with Crippen LogP contribution in [0.2, 0.25) is 0 Å². The van der Waals surface area contributed by atoms with E-state index in [4.69, 9.17) is 4.74 Å². The molecule has 82 valence electrons. The van der Waals surface area contributed by atoms with E-state index in [0.29, 0.717) is 12.1 Å². The monoisotopic (exact) mass is 206 g/mol. The van der Waals surface area contributed by atoms with Crippen molar-refractivity contribution in [2.45, 2.75) is 31.8 Å². The molecule has 1 aromatic heterocycles. The summed E-state index contributed by atoms with van der Waals surface area (Å²) >= 11 is 0. The topological polar surface area (TPSA) is 34.1 Å². The molecule has 3 nitrogen and oxygen atoms in total. The summed E-state index contributed by atoms with van der Waals surface area (Å²) in [5.41, 5.74) is 1.11. The number of pyridine rings is 1. The van der Waals surface area contributed by atoms with Gasteiger partial charge in [-0.2, -0.15) is 0 Å². The molecule has 1 N–H and O–H groups in total. The Hall–Kier alpha value is -0.930. The number of nitrogens with one attached hydrogen (secondary N) is 1. The van der Waals surface area contributed by atoms with Crippen molar-refractivity contribution in [3.8, 4) is 0 Å². The van der Waals surface area contributed by atoms with Gasteiger partial charge in [-0.1, -0.05) is 6.07 Å². The first-order chi connectivity index (χ1) is 7.36. The Morgan fingerprint density at radius 3 is 2.87 bits per heavy atom. The molecule has 0 bridgehead atoms. The highest BCUT2D eigenvalue weighted by Gasteiger charge is 2.16. The van der Waals surface area contributed by atoms with Gasteiger partial charge in [0.1, 0.15) is 0 Å².